The zero-order chi connectivity index (χ0) is 14.1. The molecule has 0 aliphatic rings. The largest absolute Gasteiger partial charge is 0.384 e. The standard InChI is InChI=1S/C17H17N3/c1-12-8-9-15(13(2)10-12)16-11-17(18)20(19-16)14-6-4-3-5-7-14/h3-11H,18H2,1-2H3. The maximum absolute atomic E-state index is 6.09. The third kappa shape index (κ3) is 2.18. The lowest BCUT2D eigenvalue weighted by Crippen LogP contribution is -2.01. The van der Waals surface area contributed by atoms with E-state index in [1.54, 1.807) is 4.68 Å². The van der Waals surface area contributed by atoms with Gasteiger partial charge in [-0.1, -0.05) is 42.0 Å². The number of benzene rings is 2. The summed E-state index contributed by atoms with van der Waals surface area (Å²) >= 11 is 0. The minimum absolute atomic E-state index is 0.645. The Labute approximate surface area is 118 Å². The van der Waals surface area contributed by atoms with Crippen LogP contribution in [0.4, 0.5) is 5.82 Å². The number of hydrogen-bond acceptors (Lipinski definition) is 2. The number of hydrogen-bond donors (Lipinski definition) is 1. The average Bonchev–Trinajstić information content (AvgIpc) is 2.81. The van der Waals surface area contributed by atoms with Crippen LogP contribution < -0.4 is 5.73 Å². The zero-order valence-electron chi connectivity index (χ0n) is 11.7. The summed E-state index contributed by atoms with van der Waals surface area (Å²) in [6.07, 6.45) is 0. The molecule has 3 aromatic rings. The van der Waals surface area contributed by atoms with Gasteiger partial charge in [0.15, 0.2) is 0 Å². The van der Waals surface area contributed by atoms with Gasteiger partial charge in [0.25, 0.3) is 0 Å². The molecule has 0 radical (unpaired) electrons. The molecule has 0 spiro atoms. The maximum atomic E-state index is 6.09. The molecule has 2 aromatic carbocycles. The van der Waals surface area contributed by atoms with Crippen LogP contribution in [0.1, 0.15) is 11.1 Å². The molecule has 0 aliphatic heterocycles. The summed E-state index contributed by atoms with van der Waals surface area (Å²) in [6.45, 7) is 4.19. The molecule has 20 heavy (non-hydrogen) atoms. The fraction of sp³-hybridized carbons (Fsp3) is 0.118. The fourth-order valence-electron chi connectivity index (χ4n) is 2.40. The Bertz CT molecular complexity index is 742. The molecule has 1 heterocycles. The molecule has 0 aliphatic carbocycles. The van der Waals surface area contributed by atoms with Crippen LogP contribution in [-0.4, -0.2) is 9.78 Å². The van der Waals surface area contributed by atoms with Crippen LogP contribution in [0.3, 0.4) is 0 Å². The third-order valence-electron chi connectivity index (χ3n) is 3.40. The Balaban J connectivity index is 2.09. The number of rotatable bonds is 2. The van der Waals surface area contributed by atoms with Crippen molar-refractivity contribution < 1.29 is 0 Å². The predicted octanol–water partition coefficient (Wildman–Crippen LogP) is 3.74. The number of anilines is 1. The van der Waals surface area contributed by atoms with Crippen molar-refractivity contribution in [2.45, 2.75) is 13.8 Å². The number of nitrogens with two attached hydrogens (primary N) is 1. The molecule has 2 N–H and O–H groups in total. The quantitative estimate of drug-likeness (QED) is 0.765. The van der Waals surface area contributed by atoms with Crippen LogP contribution in [0.15, 0.2) is 54.6 Å². The first kappa shape index (κ1) is 12.5. The van der Waals surface area contributed by atoms with Crippen molar-refractivity contribution >= 4 is 5.82 Å². The molecular formula is C17H17N3. The number of aromatic nitrogens is 2. The summed E-state index contributed by atoms with van der Waals surface area (Å²) in [5, 5.41) is 4.63. The second kappa shape index (κ2) is 4.85. The highest BCUT2D eigenvalue weighted by atomic mass is 15.3. The number of para-hydroxylation sites is 1. The number of nitrogens with zero attached hydrogens (tertiary/aromatic N) is 2. The van der Waals surface area contributed by atoms with Crippen LogP contribution in [0.2, 0.25) is 0 Å². The van der Waals surface area contributed by atoms with Crippen molar-refractivity contribution in [3.63, 3.8) is 0 Å². The molecule has 0 fully saturated rings. The molecule has 0 unspecified atom stereocenters. The highest BCUT2D eigenvalue weighted by molar-refractivity contribution is 5.67. The molecule has 1 aromatic heterocycles. The summed E-state index contributed by atoms with van der Waals surface area (Å²) in [7, 11) is 0. The van der Waals surface area contributed by atoms with Gasteiger partial charge in [-0.05, 0) is 31.5 Å². The van der Waals surface area contributed by atoms with Gasteiger partial charge in [0.05, 0.1) is 11.4 Å². The van der Waals surface area contributed by atoms with Crippen molar-refractivity contribution in [1.82, 2.24) is 9.78 Å². The van der Waals surface area contributed by atoms with E-state index in [4.69, 9.17) is 5.73 Å². The topological polar surface area (TPSA) is 43.8 Å². The van der Waals surface area contributed by atoms with Gasteiger partial charge in [-0.2, -0.15) is 5.10 Å². The summed E-state index contributed by atoms with van der Waals surface area (Å²) in [5.41, 5.74) is 11.6. The van der Waals surface area contributed by atoms with Crippen LogP contribution in [-0.2, 0) is 0 Å². The van der Waals surface area contributed by atoms with Crippen LogP contribution in [0.25, 0.3) is 16.9 Å². The first-order valence-corrected chi connectivity index (χ1v) is 6.64. The van der Waals surface area contributed by atoms with E-state index >= 15 is 0 Å². The van der Waals surface area contributed by atoms with E-state index in [0.29, 0.717) is 5.82 Å². The van der Waals surface area contributed by atoms with E-state index in [2.05, 4.69) is 37.1 Å². The zero-order valence-corrected chi connectivity index (χ0v) is 11.7. The highest BCUT2D eigenvalue weighted by Crippen LogP contribution is 2.26. The van der Waals surface area contributed by atoms with E-state index < -0.39 is 0 Å². The van der Waals surface area contributed by atoms with Gasteiger partial charge in [0.1, 0.15) is 5.82 Å². The fourth-order valence-corrected chi connectivity index (χ4v) is 2.40. The SMILES string of the molecule is Cc1ccc(-c2cc(N)n(-c3ccccc3)n2)c(C)c1. The van der Waals surface area contributed by atoms with Crippen molar-refractivity contribution in [3.8, 4) is 16.9 Å². The first-order chi connectivity index (χ1) is 9.65. The Morgan fingerprint density at radius 1 is 0.950 bits per heavy atom. The average molecular weight is 263 g/mol. The Hall–Kier alpha value is -2.55. The molecule has 0 atom stereocenters. The monoisotopic (exact) mass is 263 g/mol. The summed E-state index contributed by atoms with van der Waals surface area (Å²) in [4.78, 5) is 0. The molecule has 3 heteroatoms. The Morgan fingerprint density at radius 2 is 1.70 bits per heavy atom. The van der Waals surface area contributed by atoms with Gasteiger partial charge in [0, 0.05) is 11.6 Å². The molecule has 3 rings (SSSR count). The van der Waals surface area contributed by atoms with E-state index in [9.17, 15) is 0 Å². The summed E-state index contributed by atoms with van der Waals surface area (Å²) < 4.78 is 1.77. The van der Waals surface area contributed by atoms with Crippen molar-refractivity contribution in [2.24, 2.45) is 0 Å². The summed E-state index contributed by atoms with van der Waals surface area (Å²) in [6, 6.07) is 18.2. The molecule has 3 nitrogen and oxygen atoms in total. The second-order valence-corrected chi connectivity index (χ2v) is 5.02. The van der Waals surface area contributed by atoms with E-state index in [1.807, 2.05) is 36.4 Å². The smallest absolute Gasteiger partial charge is 0.127 e. The van der Waals surface area contributed by atoms with E-state index in [-0.39, 0.29) is 0 Å². The van der Waals surface area contributed by atoms with Crippen molar-refractivity contribution in [3.05, 3.63) is 65.7 Å². The van der Waals surface area contributed by atoms with Crippen molar-refractivity contribution in [1.29, 1.82) is 0 Å². The van der Waals surface area contributed by atoms with Crippen LogP contribution in [0, 0.1) is 13.8 Å². The van der Waals surface area contributed by atoms with Gasteiger partial charge in [0.2, 0.25) is 0 Å². The maximum Gasteiger partial charge on any atom is 0.127 e. The van der Waals surface area contributed by atoms with Gasteiger partial charge in [-0.15, -0.1) is 0 Å². The highest BCUT2D eigenvalue weighted by Gasteiger charge is 2.10. The van der Waals surface area contributed by atoms with Gasteiger partial charge in [-0.3, -0.25) is 0 Å². The van der Waals surface area contributed by atoms with Crippen molar-refractivity contribution in [2.75, 3.05) is 5.73 Å². The van der Waals surface area contributed by atoms with Gasteiger partial charge < -0.3 is 5.73 Å². The molecule has 100 valence electrons. The molecule has 0 saturated heterocycles. The Kier molecular flexibility index (Phi) is 3.03. The van der Waals surface area contributed by atoms with Gasteiger partial charge in [-0.25, -0.2) is 4.68 Å². The number of nitrogen functional groups attached to an aromatic ring is 1. The predicted molar refractivity (Wildman–Crippen MR) is 82.9 cm³/mol. The number of aryl methyl sites for hydroxylation is 2. The van der Waals surface area contributed by atoms with Crippen LogP contribution >= 0.6 is 0 Å². The Morgan fingerprint density at radius 3 is 2.40 bits per heavy atom. The second-order valence-electron chi connectivity index (χ2n) is 5.02. The third-order valence-corrected chi connectivity index (χ3v) is 3.40. The molecule has 0 bridgehead atoms. The molecule has 0 saturated carbocycles. The van der Waals surface area contributed by atoms with E-state index in [1.165, 1.54) is 11.1 Å². The lowest BCUT2D eigenvalue weighted by atomic mass is 10.0. The lowest BCUT2D eigenvalue weighted by molar-refractivity contribution is 0.895. The van der Waals surface area contributed by atoms with Gasteiger partial charge >= 0.3 is 0 Å². The lowest BCUT2D eigenvalue weighted by Gasteiger charge is -2.04. The minimum atomic E-state index is 0.645. The minimum Gasteiger partial charge on any atom is -0.384 e. The molecular weight excluding hydrogens is 246 g/mol. The van der Waals surface area contributed by atoms with E-state index in [0.717, 1.165) is 16.9 Å². The first-order valence-electron chi connectivity index (χ1n) is 6.64. The summed E-state index contributed by atoms with van der Waals surface area (Å²) in [5.74, 6) is 0.645. The van der Waals surface area contributed by atoms with Crippen LogP contribution in [0.5, 0.6) is 0 Å². The normalized spacial score (nSPS) is 10.7. The molecule has 0 amide bonds.